The lowest BCUT2D eigenvalue weighted by atomic mass is 10.1. The molecule has 0 bridgehead atoms. The molecule has 3 rings (SSSR count). The van der Waals surface area contributed by atoms with Crippen molar-refractivity contribution in [2.45, 2.75) is 26.4 Å². The minimum absolute atomic E-state index is 0.0276. The molecule has 0 aliphatic rings. The molecule has 0 atom stereocenters. The Morgan fingerprint density at radius 1 is 0.929 bits per heavy atom. The third-order valence-electron chi connectivity index (χ3n) is 4.15. The van der Waals surface area contributed by atoms with Crippen LogP contribution in [0.2, 0.25) is 0 Å². The number of aromatic nitrogens is 1. The van der Waals surface area contributed by atoms with Crippen molar-refractivity contribution in [2.75, 3.05) is 11.9 Å². The molecule has 5 heteroatoms. The van der Waals surface area contributed by atoms with Crippen LogP contribution in [0.15, 0.2) is 73.1 Å². The maximum atomic E-state index is 12.3. The van der Waals surface area contributed by atoms with Gasteiger partial charge in [-0.2, -0.15) is 0 Å². The third kappa shape index (κ3) is 6.13. The highest BCUT2D eigenvalue weighted by Gasteiger charge is 2.05. The largest absolute Gasteiger partial charge is 0.494 e. The fourth-order valence-corrected chi connectivity index (χ4v) is 2.71. The van der Waals surface area contributed by atoms with Crippen LogP contribution in [0.25, 0.3) is 0 Å². The monoisotopic (exact) mass is 376 g/mol. The molecule has 0 saturated heterocycles. The number of aryl methyl sites for hydroxylation is 1. The molecule has 0 saturated carbocycles. The van der Waals surface area contributed by atoms with Crippen LogP contribution in [0.1, 0.15) is 24.5 Å². The van der Waals surface area contributed by atoms with Gasteiger partial charge in [-0.05, 0) is 60.9 Å². The van der Waals surface area contributed by atoms with Crippen molar-refractivity contribution in [3.63, 3.8) is 0 Å². The summed E-state index contributed by atoms with van der Waals surface area (Å²) in [6.45, 7) is 3.06. The van der Waals surface area contributed by atoms with Gasteiger partial charge in [-0.3, -0.25) is 9.78 Å². The van der Waals surface area contributed by atoms with Crippen molar-refractivity contribution in [1.82, 2.24) is 4.98 Å². The number of benzene rings is 2. The van der Waals surface area contributed by atoms with Crippen molar-refractivity contribution in [3.8, 4) is 11.5 Å². The standard InChI is InChI=1S/C23H24N2O3/c1-2-27-21-9-6-18(7-10-21)8-11-23(26)25-20-4-3-5-22(16-20)28-17-19-12-14-24-15-13-19/h3-7,9-10,12-16H,2,8,11,17H2,1H3,(H,25,26). The number of ether oxygens (including phenoxy) is 2. The summed E-state index contributed by atoms with van der Waals surface area (Å²) >= 11 is 0. The zero-order chi connectivity index (χ0) is 19.6. The molecule has 1 N–H and O–H groups in total. The molecular formula is C23H24N2O3. The van der Waals surface area contributed by atoms with Gasteiger partial charge in [0.05, 0.1) is 6.61 Å². The van der Waals surface area contributed by atoms with Gasteiger partial charge in [0.1, 0.15) is 18.1 Å². The number of nitrogens with zero attached hydrogens (tertiary/aromatic N) is 1. The van der Waals surface area contributed by atoms with Crippen LogP contribution in [0.5, 0.6) is 11.5 Å². The van der Waals surface area contributed by atoms with Gasteiger partial charge < -0.3 is 14.8 Å². The van der Waals surface area contributed by atoms with E-state index in [2.05, 4.69) is 10.3 Å². The van der Waals surface area contributed by atoms with Crippen LogP contribution in [-0.4, -0.2) is 17.5 Å². The predicted molar refractivity (Wildman–Crippen MR) is 110 cm³/mol. The molecule has 0 fully saturated rings. The summed E-state index contributed by atoms with van der Waals surface area (Å²) in [5.74, 6) is 1.53. The molecule has 2 aromatic carbocycles. The lowest BCUT2D eigenvalue weighted by molar-refractivity contribution is -0.116. The summed E-state index contributed by atoms with van der Waals surface area (Å²) < 4.78 is 11.2. The zero-order valence-electron chi connectivity index (χ0n) is 15.9. The third-order valence-corrected chi connectivity index (χ3v) is 4.15. The highest BCUT2D eigenvalue weighted by molar-refractivity contribution is 5.91. The first-order valence-corrected chi connectivity index (χ1v) is 9.36. The van der Waals surface area contributed by atoms with Crippen LogP contribution >= 0.6 is 0 Å². The van der Waals surface area contributed by atoms with Crippen LogP contribution in [0.4, 0.5) is 5.69 Å². The molecule has 1 aromatic heterocycles. The van der Waals surface area contributed by atoms with E-state index in [4.69, 9.17) is 9.47 Å². The van der Waals surface area contributed by atoms with Gasteiger partial charge in [0.15, 0.2) is 0 Å². The number of pyridine rings is 1. The first kappa shape index (κ1) is 19.4. The summed E-state index contributed by atoms with van der Waals surface area (Å²) in [5, 5.41) is 2.93. The van der Waals surface area contributed by atoms with E-state index in [0.717, 1.165) is 22.6 Å². The van der Waals surface area contributed by atoms with E-state index in [0.29, 0.717) is 31.8 Å². The average Bonchev–Trinajstić information content (AvgIpc) is 2.73. The van der Waals surface area contributed by atoms with Crippen molar-refractivity contribution >= 4 is 11.6 Å². The second-order valence-electron chi connectivity index (χ2n) is 6.30. The van der Waals surface area contributed by atoms with Gasteiger partial charge in [0.25, 0.3) is 0 Å². The van der Waals surface area contributed by atoms with Crippen LogP contribution in [0, 0.1) is 0 Å². The Balaban J connectivity index is 1.48. The lowest BCUT2D eigenvalue weighted by Gasteiger charge is -2.10. The number of nitrogens with one attached hydrogen (secondary N) is 1. The molecule has 3 aromatic rings. The highest BCUT2D eigenvalue weighted by Crippen LogP contribution is 2.19. The summed E-state index contributed by atoms with van der Waals surface area (Å²) in [5.41, 5.74) is 2.87. The van der Waals surface area contributed by atoms with Gasteiger partial charge in [0, 0.05) is 30.6 Å². The number of amides is 1. The Kier molecular flexibility index (Phi) is 7.01. The van der Waals surface area contributed by atoms with Gasteiger partial charge in [0.2, 0.25) is 5.91 Å². The Morgan fingerprint density at radius 2 is 1.71 bits per heavy atom. The fraction of sp³-hybridized carbons (Fsp3) is 0.217. The Bertz CT molecular complexity index is 880. The van der Waals surface area contributed by atoms with E-state index in [1.54, 1.807) is 12.4 Å². The fourth-order valence-electron chi connectivity index (χ4n) is 2.71. The molecule has 0 spiro atoms. The summed E-state index contributed by atoms with van der Waals surface area (Å²) in [6, 6.07) is 19.1. The van der Waals surface area contributed by atoms with Crippen molar-refractivity contribution < 1.29 is 14.3 Å². The summed E-state index contributed by atoms with van der Waals surface area (Å²) in [7, 11) is 0. The van der Waals surface area contributed by atoms with E-state index in [1.807, 2.05) is 67.6 Å². The van der Waals surface area contributed by atoms with Gasteiger partial charge in [-0.15, -0.1) is 0 Å². The van der Waals surface area contributed by atoms with Crippen LogP contribution in [0.3, 0.4) is 0 Å². The maximum Gasteiger partial charge on any atom is 0.224 e. The van der Waals surface area contributed by atoms with E-state index < -0.39 is 0 Å². The number of anilines is 1. The molecule has 144 valence electrons. The first-order valence-electron chi connectivity index (χ1n) is 9.36. The quantitative estimate of drug-likeness (QED) is 0.591. The first-order chi connectivity index (χ1) is 13.7. The van der Waals surface area contributed by atoms with Crippen molar-refractivity contribution in [3.05, 3.63) is 84.2 Å². The van der Waals surface area contributed by atoms with Crippen LogP contribution < -0.4 is 14.8 Å². The number of rotatable bonds is 9. The lowest BCUT2D eigenvalue weighted by Crippen LogP contribution is -2.12. The minimum Gasteiger partial charge on any atom is -0.494 e. The molecule has 1 amide bonds. The normalized spacial score (nSPS) is 10.3. The van der Waals surface area contributed by atoms with Gasteiger partial charge >= 0.3 is 0 Å². The summed E-state index contributed by atoms with van der Waals surface area (Å²) in [4.78, 5) is 16.3. The number of carbonyl (C=O) groups excluding carboxylic acids is 1. The molecule has 28 heavy (non-hydrogen) atoms. The second-order valence-corrected chi connectivity index (χ2v) is 6.30. The van der Waals surface area contributed by atoms with Gasteiger partial charge in [-0.25, -0.2) is 0 Å². The van der Waals surface area contributed by atoms with E-state index in [-0.39, 0.29) is 5.91 Å². The molecule has 0 aliphatic carbocycles. The van der Waals surface area contributed by atoms with Crippen molar-refractivity contribution in [2.24, 2.45) is 0 Å². The molecule has 0 unspecified atom stereocenters. The van der Waals surface area contributed by atoms with Gasteiger partial charge in [-0.1, -0.05) is 18.2 Å². The Morgan fingerprint density at radius 3 is 2.46 bits per heavy atom. The predicted octanol–water partition coefficient (Wildman–Crippen LogP) is 4.63. The molecule has 5 nitrogen and oxygen atoms in total. The zero-order valence-corrected chi connectivity index (χ0v) is 15.9. The number of hydrogen-bond donors (Lipinski definition) is 1. The minimum atomic E-state index is -0.0276. The smallest absolute Gasteiger partial charge is 0.224 e. The summed E-state index contributed by atoms with van der Waals surface area (Å²) in [6.07, 6.45) is 4.56. The highest BCUT2D eigenvalue weighted by atomic mass is 16.5. The van der Waals surface area contributed by atoms with E-state index in [9.17, 15) is 4.79 Å². The Labute approximate surface area is 165 Å². The average molecular weight is 376 g/mol. The SMILES string of the molecule is CCOc1ccc(CCC(=O)Nc2cccc(OCc3ccncc3)c2)cc1. The van der Waals surface area contributed by atoms with E-state index >= 15 is 0 Å². The number of hydrogen-bond acceptors (Lipinski definition) is 4. The molecule has 0 aliphatic heterocycles. The number of carbonyl (C=O) groups is 1. The second kappa shape index (κ2) is 10.1. The Hall–Kier alpha value is -3.34. The van der Waals surface area contributed by atoms with E-state index in [1.165, 1.54) is 0 Å². The molecular weight excluding hydrogens is 352 g/mol. The van der Waals surface area contributed by atoms with Crippen LogP contribution in [-0.2, 0) is 17.8 Å². The van der Waals surface area contributed by atoms with Crippen molar-refractivity contribution in [1.29, 1.82) is 0 Å². The molecule has 0 radical (unpaired) electrons. The maximum absolute atomic E-state index is 12.3. The molecule has 1 heterocycles. The topological polar surface area (TPSA) is 60.5 Å².